The van der Waals surface area contributed by atoms with Gasteiger partial charge in [0, 0.05) is 19.5 Å². The summed E-state index contributed by atoms with van der Waals surface area (Å²) >= 11 is 0. The Bertz CT molecular complexity index is 355. The molecule has 1 aromatic heterocycles. The maximum Gasteiger partial charge on any atom is 0.147 e. The van der Waals surface area contributed by atoms with Crippen LogP contribution in [0.1, 0.15) is 11.6 Å². The fourth-order valence-electron chi connectivity index (χ4n) is 2.24. The van der Waals surface area contributed by atoms with E-state index >= 15 is 0 Å². The van der Waals surface area contributed by atoms with Gasteiger partial charge in [0.25, 0.3) is 0 Å². The molecule has 0 bridgehead atoms. The van der Waals surface area contributed by atoms with E-state index < -0.39 is 0 Å². The minimum absolute atomic E-state index is 0.776. The van der Waals surface area contributed by atoms with Crippen molar-refractivity contribution >= 4 is 0 Å². The van der Waals surface area contributed by atoms with Gasteiger partial charge >= 0.3 is 0 Å². The van der Waals surface area contributed by atoms with Crippen LogP contribution in [0.15, 0.2) is 0 Å². The summed E-state index contributed by atoms with van der Waals surface area (Å²) in [6.45, 7) is 5.38. The molecule has 1 fully saturated rings. The van der Waals surface area contributed by atoms with Crippen LogP contribution in [0.25, 0.3) is 0 Å². The van der Waals surface area contributed by atoms with Crippen LogP contribution in [0, 0.1) is 5.92 Å². The van der Waals surface area contributed by atoms with Crippen molar-refractivity contribution in [2.24, 2.45) is 5.92 Å². The van der Waals surface area contributed by atoms with E-state index in [2.05, 4.69) is 32.0 Å². The highest BCUT2D eigenvalue weighted by Crippen LogP contribution is 2.15. The van der Waals surface area contributed by atoms with E-state index in [0.717, 1.165) is 50.9 Å². The minimum Gasteiger partial charge on any atom is -0.316 e. The molecule has 1 aromatic rings. The molecule has 3 heterocycles. The molecule has 0 radical (unpaired) electrons. The maximum atomic E-state index is 4.31. The second-order valence-electron chi connectivity index (χ2n) is 4.65. The van der Waals surface area contributed by atoms with Gasteiger partial charge in [0.15, 0.2) is 0 Å². The van der Waals surface area contributed by atoms with Crippen molar-refractivity contribution in [3.05, 3.63) is 11.6 Å². The number of hydrogen-bond donors (Lipinski definition) is 1. The van der Waals surface area contributed by atoms with Crippen molar-refractivity contribution in [2.45, 2.75) is 19.5 Å². The van der Waals surface area contributed by atoms with Gasteiger partial charge in [-0.15, -0.1) is 10.2 Å². The van der Waals surface area contributed by atoms with Gasteiger partial charge in [0.05, 0.1) is 6.54 Å². The molecule has 82 valence electrons. The Morgan fingerprint density at radius 1 is 1.33 bits per heavy atom. The van der Waals surface area contributed by atoms with Crippen LogP contribution in [-0.2, 0) is 19.5 Å². The summed E-state index contributed by atoms with van der Waals surface area (Å²) in [4.78, 5) is 2.29. The number of rotatable bonds is 2. The Labute approximate surface area is 89.5 Å². The van der Waals surface area contributed by atoms with Crippen molar-refractivity contribution in [1.82, 2.24) is 25.0 Å². The van der Waals surface area contributed by atoms with Gasteiger partial charge in [-0.1, -0.05) is 0 Å². The highest BCUT2D eigenvalue weighted by Gasteiger charge is 2.23. The molecule has 2 aliphatic heterocycles. The summed E-state index contributed by atoms with van der Waals surface area (Å²) in [5.74, 6) is 3.09. The normalized spacial score (nSPS) is 22.5. The molecule has 0 saturated carbocycles. The molecule has 1 N–H and O–H groups in total. The van der Waals surface area contributed by atoms with Crippen LogP contribution in [0.4, 0.5) is 0 Å². The fraction of sp³-hybridized carbons (Fsp3) is 0.800. The number of likely N-dealkylation sites (N-methyl/N-ethyl adjacent to an activating group) is 1. The monoisotopic (exact) mass is 207 g/mol. The lowest BCUT2D eigenvalue weighted by atomic mass is 9.99. The molecular formula is C10H17N5. The summed E-state index contributed by atoms with van der Waals surface area (Å²) in [5, 5.41) is 11.9. The minimum atomic E-state index is 0.776. The van der Waals surface area contributed by atoms with E-state index in [1.165, 1.54) is 5.82 Å². The lowest BCUT2D eigenvalue weighted by Crippen LogP contribution is -2.43. The molecular weight excluding hydrogens is 190 g/mol. The molecule has 2 aliphatic rings. The zero-order valence-electron chi connectivity index (χ0n) is 9.11. The summed E-state index contributed by atoms with van der Waals surface area (Å²) in [5.41, 5.74) is 0. The second kappa shape index (κ2) is 3.57. The Balaban J connectivity index is 1.78. The van der Waals surface area contributed by atoms with Gasteiger partial charge in [0.2, 0.25) is 0 Å². The van der Waals surface area contributed by atoms with Crippen LogP contribution in [0.5, 0.6) is 0 Å². The molecule has 0 unspecified atom stereocenters. The van der Waals surface area contributed by atoms with Crippen LogP contribution in [0.3, 0.4) is 0 Å². The van der Waals surface area contributed by atoms with Crippen LogP contribution in [-0.4, -0.2) is 46.3 Å². The first kappa shape index (κ1) is 9.30. The molecule has 0 aromatic carbocycles. The molecule has 0 atom stereocenters. The summed E-state index contributed by atoms with van der Waals surface area (Å²) in [6, 6.07) is 0. The third kappa shape index (κ3) is 1.66. The van der Waals surface area contributed by atoms with Crippen molar-refractivity contribution < 1.29 is 0 Å². The number of hydrogen-bond acceptors (Lipinski definition) is 4. The standard InChI is InChI=1S/C10H17N5/c1-14-2-3-15-9(4-8-5-11-6-8)12-13-10(15)7-14/h8,11H,2-7H2,1H3. The van der Waals surface area contributed by atoms with Crippen molar-refractivity contribution in [3.8, 4) is 0 Å². The third-order valence-electron chi connectivity index (χ3n) is 3.36. The third-order valence-corrected chi connectivity index (χ3v) is 3.36. The van der Waals surface area contributed by atoms with E-state index in [4.69, 9.17) is 0 Å². The van der Waals surface area contributed by atoms with Gasteiger partial charge in [-0.3, -0.25) is 4.90 Å². The molecule has 1 saturated heterocycles. The van der Waals surface area contributed by atoms with Crippen LogP contribution in [0.2, 0.25) is 0 Å². The van der Waals surface area contributed by atoms with E-state index in [9.17, 15) is 0 Å². The zero-order chi connectivity index (χ0) is 10.3. The summed E-state index contributed by atoms with van der Waals surface area (Å²) in [7, 11) is 2.13. The van der Waals surface area contributed by atoms with E-state index in [1.54, 1.807) is 0 Å². The van der Waals surface area contributed by atoms with Gasteiger partial charge in [-0.2, -0.15) is 0 Å². The Morgan fingerprint density at radius 2 is 2.20 bits per heavy atom. The molecule has 3 rings (SSSR count). The fourth-order valence-corrected chi connectivity index (χ4v) is 2.24. The molecule has 0 aliphatic carbocycles. The summed E-state index contributed by atoms with van der Waals surface area (Å²) in [6.07, 6.45) is 1.09. The van der Waals surface area contributed by atoms with Crippen LogP contribution >= 0.6 is 0 Å². The van der Waals surface area contributed by atoms with Gasteiger partial charge in [0.1, 0.15) is 11.6 Å². The topological polar surface area (TPSA) is 46.0 Å². The average molecular weight is 207 g/mol. The van der Waals surface area contributed by atoms with Gasteiger partial charge in [-0.25, -0.2) is 0 Å². The van der Waals surface area contributed by atoms with Crippen molar-refractivity contribution in [1.29, 1.82) is 0 Å². The van der Waals surface area contributed by atoms with E-state index in [-0.39, 0.29) is 0 Å². The first-order valence-electron chi connectivity index (χ1n) is 5.63. The van der Waals surface area contributed by atoms with Crippen LogP contribution < -0.4 is 5.32 Å². The first-order valence-corrected chi connectivity index (χ1v) is 5.63. The molecule has 0 spiro atoms. The largest absolute Gasteiger partial charge is 0.316 e. The van der Waals surface area contributed by atoms with Crippen molar-refractivity contribution in [3.63, 3.8) is 0 Å². The predicted molar refractivity (Wildman–Crippen MR) is 56.4 cm³/mol. The quantitative estimate of drug-likeness (QED) is 0.709. The maximum absolute atomic E-state index is 4.31. The smallest absolute Gasteiger partial charge is 0.147 e. The first-order chi connectivity index (χ1) is 7.33. The average Bonchev–Trinajstić information content (AvgIpc) is 2.54. The lowest BCUT2D eigenvalue weighted by Gasteiger charge is -2.28. The zero-order valence-corrected chi connectivity index (χ0v) is 9.11. The molecule has 15 heavy (non-hydrogen) atoms. The number of nitrogens with one attached hydrogen (secondary N) is 1. The van der Waals surface area contributed by atoms with Gasteiger partial charge < -0.3 is 9.88 Å². The highest BCUT2D eigenvalue weighted by molar-refractivity contribution is 5.01. The second-order valence-corrected chi connectivity index (χ2v) is 4.65. The summed E-state index contributed by atoms with van der Waals surface area (Å²) < 4.78 is 2.30. The van der Waals surface area contributed by atoms with Gasteiger partial charge in [-0.05, 0) is 26.1 Å². The van der Waals surface area contributed by atoms with E-state index in [0.29, 0.717) is 0 Å². The number of aromatic nitrogens is 3. The lowest BCUT2D eigenvalue weighted by molar-refractivity contribution is 0.258. The SMILES string of the molecule is CN1CCn2c(CC3CNC3)nnc2C1. The highest BCUT2D eigenvalue weighted by atomic mass is 15.3. The molecule has 5 nitrogen and oxygen atoms in total. The van der Waals surface area contributed by atoms with Crippen molar-refractivity contribution in [2.75, 3.05) is 26.7 Å². The number of fused-ring (bicyclic) bond motifs is 1. The Kier molecular flexibility index (Phi) is 2.21. The van der Waals surface area contributed by atoms with E-state index in [1.807, 2.05) is 0 Å². The Morgan fingerprint density at radius 3 is 2.93 bits per heavy atom. The Hall–Kier alpha value is -0.940. The molecule has 0 amide bonds. The molecule has 5 heteroatoms. The predicted octanol–water partition coefficient (Wildman–Crippen LogP) is -0.515. The number of nitrogens with zero attached hydrogens (tertiary/aromatic N) is 4.